The summed E-state index contributed by atoms with van der Waals surface area (Å²) in [5, 5.41) is 21.3. The molecule has 0 saturated carbocycles. The quantitative estimate of drug-likeness (QED) is 0.260. The Kier molecular flexibility index (Phi) is 7.79. The van der Waals surface area contributed by atoms with Crippen molar-refractivity contribution in [2.24, 2.45) is 0 Å². The Morgan fingerprint density at radius 2 is 1.70 bits per heavy atom. The minimum atomic E-state index is -0.844. The number of carbonyl (C=O) groups excluding carboxylic acids is 2. The average molecular weight is 503 g/mol. The van der Waals surface area contributed by atoms with E-state index in [1.54, 1.807) is 36.4 Å². The Labute approximate surface area is 216 Å². The van der Waals surface area contributed by atoms with E-state index in [2.05, 4.69) is 0 Å². The molecule has 1 aliphatic rings. The van der Waals surface area contributed by atoms with Crippen LogP contribution in [0.4, 0.5) is 0 Å². The van der Waals surface area contributed by atoms with Crippen molar-refractivity contribution in [2.45, 2.75) is 12.6 Å². The van der Waals surface area contributed by atoms with Crippen molar-refractivity contribution in [1.82, 2.24) is 9.80 Å². The summed E-state index contributed by atoms with van der Waals surface area (Å²) >= 11 is 0. The first-order chi connectivity index (χ1) is 17.8. The third kappa shape index (κ3) is 5.59. The van der Waals surface area contributed by atoms with Gasteiger partial charge in [0, 0.05) is 18.7 Å². The molecule has 1 aliphatic heterocycles. The molecule has 3 aromatic rings. The maximum Gasteiger partial charge on any atom is 0.295 e. The molecule has 0 spiro atoms. The van der Waals surface area contributed by atoms with Gasteiger partial charge in [-0.15, -0.1) is 0 Å². The first kappa shape index (κ1) is 25.8. The van der Waals surface area contributed by atoms with Gasteiger partial charge >= 0.3 is 0 Å². The number of ketones is 1. The molecule has 37 heavy (non-hydrogen) atoms. The largest absolute Gasteiger partial charge is 0.507 e. The average Bonchev–Trinajstić information content (AvgIpc) is 3.16. The smallest absolute Gasteiger partial charge is 0.295 e. The van der Waals surface area contributed by atoms with Crippen molar-refractivity contribution in [3.05, 3.63) is 95.1 Å². The van der Waals surface area contributed by atoms with Gasteiger partial charge in [0.15, 0.2) is 11.5 Å². The minimum Gasteiger partial charge on any atom is -0.507 e. The Hall–Kier alpha value is -4.30. The summed E-state index contributed by atoms with van der Waals surface area (Å²) in [4.78, 5) is 29.6. The van der Waals surface area contributed by atoms with Gasteiger partial charge in [-0.2, -0.15) is 0 Å². The summed E-state index contributed by atoms with van der Waals surface area (Å²) in [5.41, 5.74) is 1.93. The van der Waals surface area contributed by atoms with E-state index in [4.69, 9.17) is 9.47 Å². The van der Waals surface area contributed by atoms with Gasteiger partial charge in [-0.1, -0.05) is 36.4 Å². The number of likely N-dealkylation sites (N-methyl/N-ethyl adjacent to an activating group) is 1. The highest BCUT2D eigenvalue weighted by Gasteiger charge is 2.46. The number of rotatable bonds is 9. The number of likely N-dealkylation sites (tertiary alicyclic amines) is 1. The second kappa shape index (κ2) is 11.2. The minimum absolute atomic E-state index is 0.0190. The second-order valence-electron chi connectivity index (χ2n) is 9.03. The van der Waals surface area contributed by atoms with Crippen LogP contribution >= 0.6 is 0 Å². The molecule has 2 N–H and O–H groups in total. The molecular formula is C29H30N2O6. The number of phenols is 1. The van der Waals surface area contributed by atoms with E-state index in [-0.39, 0.29) is 29.4 Å². The number of aliphatic hydroxyl groups is 1. The SMILES string of the molecule is COc1cc(C2/C(=C(/O)c3ccc(OCc4ccccc4)cc3)C(=O)C(=O)N2CCN(C)C)ccc1O. The topological polar surface area (TPSA) is 99.5 Å². The number of hydrogen-bond acceptors (Lipinski definition) is 7. The summed E-state index contributed by atoms with van der Waals surface area (Å²) in [6.07, 6.45) is 0. The number of ether oxygens (including phenoxy) is 2. The molecule has 0 bridgehead atoms. The first-order valence-corrected chi connectivity index (χ1v) is 11.9. The number of hydrogen-bond donors (Lipinski definition) is 2. The zero-order valence-electron chi connectivity index (χ0n) is 21.0. The summed E-state index contributed by atoms with van der Waals surface area (Å²) in [7, 11) is 5.16. The molecule has 0 radical (unpaired) electrons. The normalized spacial score (nSPS) is 16.9. The third-order valence-electron chi connectivity index (χ3n) is 6.22. The van der Waals surface area contributed by atoms with Gasteiger partial charge in [-0.25, -0.2) is 0 Å². The number of nitrogens with zero attached hydrogens (tertiary/aromatic N) is 2. The first-order valence-electron chi connectivity index (χ1n) is 11.9. The molecular weight excluding hydrogens is 472 g/mol. The van der Waals surface area contributed by atoms with Crippen molar-refractivity contribution in [3.8, 4) is 17.2 Å². The van der Waals surface area contributed by atoms with Crippen LogP contribution < -0.4 is 9.47 Å². The maximum atomic E-state index is 13.2. The molecule has 8 nitrogen and oxygen atoms in total. The molecule has 3 aromatic carbocycles. The van der Waals surface area contributed by atoms with E-state index >= 15 is 0 Å². The Morgan fingerprint density at radius 1 is 1.00 bits per heavy atom. The fourth-order valence-corrected chi connectivity index (χ4v) is 4.23. The van der Waals surface area contributed by atoms with Crippen molar-refractivity contribution in [2.75, 3.05) is 34.3 Å². The van der Waals surface area contributed by atoms with Crippen LogP contribution in [0.1, 0.15) is 22.7 Å². The molecule has 1 saturated heterocycles. The Morgan fingerprint density at radius 3 is 2.35 bits per heavy atom. The van der Waals surface area contributed by atoms with Crippen molar-refractivity contribution in [3.63, 3.8) is 0 Å². The van der Waals surface area contributed by atoms with E-state index in [1.807, 2.05) is 49.3 Å². The molecule has 1 heterocycles. The number of benzene rings is 3. The van der Waals surface area contributed by atoms with Crippen LogP contribution in [0.3, 0.4) is 0 Å². The van der Waals surface area contributed by atoms with Crippen LogP contribution in [0, 0.1) is 0 Å². The molecule has 1 atom stereocenters. The predicted molar refractivity (Wildman–Crippen MR) is 139 cm³/mol. The lowest BCUT2D eigenvalue weighted by Gasteiger charge is -2.27. The van der Waals surface area contributed by atoms with Gasteiger partial charge < -0.3 is 29.5 Å². The highest BCUT2D eigenvalue weighted by atomic mass is 16.5. The molecule has 1 amide bonds. The van der Waals surface area contributed by atoms with Crippen molar-refractivity contribution >= 4 is 17.4 Å². The standard InChI is InChI=1S/C29H30N2O6/c1-30(2)15-16-31-26(21-11-14-23(32)24(17-21)36-3)25(28(34)29(31)35)27(33)20-9-12-22(13-10-20)37-18-19-7-5-4-6-8-19/h4-14,17,26,32-33H,15-16,18H2,1-3H3/b27-25-. The third-order valence-corrected chi connectivity index (χ3v) is 6.22. The van der Waals surface area contributed by atoms with Gasteiger partial charge in [0.05, 0.1) is 18.7 Å². The lowest BCUT2D eigenvalue weighted by atomic mass is 9.95. The van der Waals surface area contributed by atoms with E-state index < -0.39 is 17.7 Å². The Bertz CT molecular complexity index is 1300. The molecule has 0 aromatic heterocycles. The van der Waals surface area contributed by atoms with E-state index in [0.717, 1.165) is 5.56 Å². The predicted octanol–water partition coefficient (Wildman–Crippen LogP) is 3.96. The zero-order chi connectivity index (χ0) is 26.5. The van der Waals surface area contributed by atoms with Gasteiger partial charge in [0.25, 0.3) is 11.7 Å². The van der Waals surface area contributed by atoms with E-state index in [9.17, 15) is 19.8 Å². The van der Waals surface area contributed by atoms with Crippen molar-refractivity contribution < 1.29 is 29.3 Å². The van der Waals surface area contributed by atoms with Gasteiger partial charge in [-0.05, 0) is 61.6 Å². The van der Waals surface area contributed by atoms with E-state index in [0.29, 0.717) is 30.0 Å². The number of amides is 1. The maximum absolute atomic E-state index is 13.2. The molecule has 8 heteroatoms. The van der Waals surface area contributed by atoms with Crippen LogP contribution in [0.15, 0.2) is 78.4 Å². The van der Waals surface area contributed by atoms with Crippen LogP contribution in [0.2, 0.25) is 0 Å². The number of aromatic hydroxyl groups is 1. The lowest BCUT2D eigenvalue weighted by Crippen LogP contribution is -2.35. The van der Waals surface area contributed by atoms with Crippen LogP contribution in [0.5, 0.6) is 17.2 Å². The number of carbonyl (C=O) groups is 2. The fourth-order valence-electron chi connectivity index (χ4n) is 4.23. The van der Waals surface area contributed by atoms with Crippen LogP contribution in [0.25, 0.3) is 5.76 Å². The summed E-state index contributed by atoms with van der Waals surface area (Å²) in [6, 6.07) is 20.2. The summed E-state index contributed by atoms with van der Waals surface area (Å²) in [6.45, 7) is 1.19. The zero-order valence-corrected chi connectivity index (χ0v) is 21.0. The van der Waals surface area contributed by atoms with Crippen LogP contribution in [-0.2, 0) is 16.2 Å². The number of methoxy groups -OCH3 is 1. The highest BCUT2D eigenvalue weighted by Crippen LogP contribution is 2.41. The number of phenolic OH excluding ortho intramolecular Hbond substituents is 1. The summed E-state index contributed by atoms with van der Waals surface area (Å²) in [5.74, 6) is -0.997. The van der Waals surface area contributed by atoms with Gasteiger partial charge in [0.1, 0.15) is 18.1 Å². The molecule has 192 valence electrons. The molecule has 1 fully saturated rings. The van der Waals surface area contributed by atoms with Gasteiger partial charge in [-0.3, -0.25) is 9.59 Å². The Balaban J connectivity index is 1.69. The number of aliphatic hydroxyl groups excluding tert-OH is 1. The lowest BCUT2D eigenvalue weighted by molar-refractivity contribution is -0.140. The summed E-state index contributed by atoms with van der Waals surface area (Å²) < 4.78 is 11.1. The number of Topliss-reactive ketones (excluding diaryl/α,β-unsaturated/α-hetero) is 1. The molecule has 4 rings (SSSR count). The van der Waals surface area contributed by atoms with Gasteiger partial charge in [0.2, 0.25) is 0 Å². The van der Waals surface area contributed by atoms with Crippen LogP contribution in [-0.4, -0.2) is 66.0 Å². The second-order valence-corrected chi connectivity index (χ2v) is 9.03. The monoisotopic (exact) mass is 502 g/mol. The highest BCUT2D eigenvalue weighted by molar-refractivity contribution is 6.46. The van der Waals surface area contributed by atoms with E-state index in [1.165, 1.54) is 18.1 Å². The molecule has 1 unspecified atom stereocenters. The fraction of sp³-hybridized carbons (Fsp3) is 0.241. The molecule has 0 aliphatic carbocycles. The van der Waals surface area contributed by atoms with Crippen molar-refractivity contribution in [1.29, 1.82) is 0 Å².